The van der Waals surface area contributed by atoms with Crippen LogP contribution in [0.3, 0.4) is 0 Å². The highest BCUT2D eigenvalue weighted by Crippen LogP contribution is 2.18. The Hall–Kier alpha value is -2.22. The highest BCUT2D eigenvalue weighted by atomic mass is 79.9. The smallest absolute Gasteiger partial charge is 0.341 e. The molecule has 122 valence electrons. The normalized spacial score (nSPS) is 10.5. The minimum atomic E-state index is -0.898. The third kappa shape index (κ3) is 3.95. The molecule has 0 aliphatic heterocycles. The molecule has 0 aliphatic rings. The van der Waals surface area contributed by atoms with Crippen molar-refractivity contribution in [2.24, 2.45) is 7.05 Å². The van der Waals surface area contributed by atoms with Crippen molar-refractivity contribution in [2.45, 2.75) is 13.8 Å². The zero-order chi connectivity index (χ0) is 17.1. The van der Waals surface area contributed by atoms with Crippen molar-refractivity contribution in [3.63, 3.8) is 0 Å². The van der Waals surface area contributed by atoms with Gasteiger partial charge < -0.3 is 10.1 Å². The second-order valence-corrected chi connectivity index (χ2v) is 5.83. The molecule has 0 atom stereocenters. The summed E-state index contributed by atoms with van der Waals surface area (Å²) < 4.78 is 20.6. The Labute approximate surface area is 140 Å². The van der Waals surface area contributed by atoms with Gasteiger partial charge in [0.2, 0.25) is 0 Å². The van der Waals surface area contributed by atoms with Crippen LogP contribution >= 0.6 is 15.9 Å². The van der Waals surface area contributed by atoms with E-state index in [9.17, 15) is 14.0 Å². The predicted molar refractivity (Wildman–Crippen MR) is 85.7 cm³/mol. The van der Waals surface area contributed by atoms with Gasteiger partial charge in [0, 0.05) is 11.5 Å². The molecule has 1 aromatic heterocycles. The molecule has 1 aromatic carbocycles. The molecule has 0 spiro atoms. The number of aryl methyl sites for hydroxylation is 2. The largest absolute Gasteiger partial charge is 0.452 e. The lowest BCUT2D eigenvalue weighted by Gasteiger charge is -2.07. The van der Waals surface area contributed by atoms with Crippen LogP contribution in [-0.2, 0) is 16.6 Å². The Morgan fingerprint density at radius 1 is 1.39 bits per heavy atom. The molecule has 0 saturated heterocycles. The lowest BCUT2D eigenvalue weighted by Crippen LogP contribution is -2.22. The Kier molecular flexibility index (Phi) is 5.15. The number of carbonyl (C=O) groups excluding carboxylic acids is 2. The number of anilines is 1. The predicted octanol–water partition coefficient (Wildman–Crippen LogP) is 2.73. The number of amides is 1. The molecule has 1 heterocycles. The van der Waals surface area contributed by atoms with E-state index in [0.717, 1.165) is 11.8 Å². The van der Waals surface area contributed by atoms with Gasteiger partial charge in [0.15, 0.2) is 6.61 Å². The van der Waals surface area contributed by atoms with E-state index in [4.69, 9.17) is 4.74 Å². The average molecular weight is 384 g/mol. The first-order chi connectivity index (χ1) is 10.8. The van der Waals surface area contributed by atoms with Crippen LogP contribution < -0.4 is 5.32 Å². The van der Waals surface area contributed by atoms with Crippen LogP contribution in [0.5, 0.6) is 0 Å². The van der Waals surface area contributed by atoms with E-state index < -0.39 is 24.3 Å². The maximum Gasteiger partial charge on any atom is 0.341 e. The minimum Gasteiger partial charge on any atom is -0.452 e. The summed E-state index contributed by atoms with van der Waals surface area (Å²) in [6.07, 6.45) is 0. The van der Waals surface area contributed by atoms with E-state index in [1.807, 2.05) is 0 Å². The number of carbonyl (C=O) groups is 2. The van der Waals surface area contributed by atoms with Gasteiger partial charge in [-0.05, 0) is 32.0 Å². The molecule has 0 saturated carbocycles. The van der Waals surface area contributed by atoms with Gasteiger partial charge >= 0.3 is 5.97 Å². The molecule has 1 N–H and O–H groups in total. The van der Waals surface area contributed by atoms with Crippen molar-refractivity contribution in [1.82, 2.24) is 9.78 Å². The van der Waals surface area contributed by atoms with Crippen LogP contribution in [0.2, 0.25) is 0 Å². The van der Waals surface area contributed by atoms with Gasteiger partial charge in [0.05, 0.1) is 22.6 Å². The van der Waals surface area contributed by atoms with Gasteiger partial charge in [-0.15, -0.1) is 0 Å². The number of benzene rings is 1. The van der Waals surface area contributed by atoms with Crippen LogP contribution in [0, 0.1) is 19.7 Å². The molecule has 0 aliphatic carbocycles. The van der Waals surface area contributed by atoms with Gasteiger partial charge in [-0.3, -0.25) is 9.48 Å². The Morgan fingerprint density at radius 3 is 2.65 bits per heavy atom. The number of ether oxygens (including phenoxy) is 1. The van der Waals surface area contributed by atoms with E-state index in [2.05, 4.69) is 26.3 Å². The summed E-state index contributed by atoms with van der Waals surface area (Å²) >= 11 is 3.10. The molecule has 2 aromatic rings. The monoisotopic (exact) mass is 383 g/mol. The van der Waals surface area contributed by atoms with Crippen LogP contribution in [0.15, 0.2) is 22.7 Å². The summed E-state index contributed by atoms with van der Waals surface area (Å²) in [5.41, 5.74) is 1.78. The highest BCUT2D eigenvalue weighted by Gasteiger charge is 2.17. The first-order valence-electron chi connectivity index (χ1n) is 6.72. The average Bonchev–Trinajstić information content (AvgIpc) is 2.71. The lowest BCUT2D eigenvalue weighted by molar-refractivity contribution is -0.119. The van der Waals surface area contributed by atoms with E-state index in [-0.39, 0.29) is 5.56 Å². The zero-order valence-electron chi connectivity index (χ0n) is 12.8. The van der Waals surface area contributed by atoms with E-state index in [1.54, 1.807) is 25.6 Å². The molecule has 6 nitrogen and oxygen atoms in total. The second kappa shape index (κ2) is 6.91. The summed E-state index contributed by atoms with van der Waals surface area (Å²) in [4.78, 5) is 23.7. The molecule has 0 radical (unpaired) electrons. The van der Waals surface area contributed by atoms with E-state index >= 15 is 0 Å². The van der Waals surface area contributed by atoms with Crippen molar-refractivity contribution in [3.8, 4) is 0 Å². The van der Waals surface area contributed by atoms with Crippen LogP contribution in [0.4, 0.5) is 10.1 Å². The quantitative estimate of drug-likeness (QED) is 0.823. The standard InChI is InChI=1S/C15H15BrFN3O3/c1-8-14(9(2)20(3)19-8)18-13(21)7-23-15(22)11-5-4-10(16)6-12(11)17/h4-6H,7H2,1-3H3,(H,18,21). The SMILES string of the molecule is Cc1nn(C)c(C)c1NC(=O)COC(=O)c1ccc(Br)cc1F. The molecule has 2 rings (SSSR count). The number of nitrogens with zero attached hydrogens (tertiary/aromatic N) is 2. The first-order valence-corrected chi connectivity index (χ1v) is 7.51. The summed E-state index contributed by atoms with van der Waals surface area (Å²) in [6, 6.07) is 3.95. The summed E-state index contributed by atoms with van der Waals surface area (Å²) in [5.74, 6) is -2.14. The third-order valence-corrected chi connectivity index (χ3v) is 3.75. The maximum absolute atomic E-state index is 13.6. The number of esters is 1. The van der Waals surface area contributed by atoms with Gasteiger partial charge in [-0.1, -0.05) is 15.9 Å². The van der Waals surface area contributed by atoms with Crippen LogP contribution in [-0.4, -0.2) is 28.3 Å². The van der Waals surface area contributed by atoms with Crippen molar-refractivity contribution < 1.29 is 18.7 Å². The molecule has 23 heavy (non-hydrogen) atoms. The van der Waals surface area contributed by atoms with Crippen LogP contribution in [0.1, 0.15) is 21.7 Å². The number of rotatable bonds is 4. The van der Waals surface area contributed by atoms with Crippen molar-refractivity contribution in [1.29, 1.82) is 0 Å². The van der Waals surface area contributed by atoms with Gasteiger partial charge in [0.1, 0.15) is 5.82 Å². The van der Waals surface area contributed by atoms with Gasteiger partial charge in [-0.25, -0.2) is 9.18 Å². The fourth-order valence-electron chi connectivity index (χ4n) is 1.99. The van der Waals surface area contributed by atoms with Gasteiger partial charge in [0.25, 0.3) is 5.91 Å². The Bertz CT molecular complexity index is 774. The van der Waals surface area contributed by atoms with Crippen LogP contribution in [0.25, 0.3) is 0 Å². The van der Waals surface area contributed by atoms with E-state index in [0.29, 0.717) is 15.9 Å². The van der Waals surface area contributed by atoms with Crippen molar-refractivity contribution in [2.75, 3.05) is 11.9 Å². The number of hydrogen-bond donors (Lipinski definition) is 1. The van der Waals surface area contributed by atoms with Gasteiger partial charge in [-0.2, -0.15) is 5.10 Å². The van der Waals surface area contributed by atoms with Crippen molar-refractivity contribution in [3.05, 3.63) is 45.4 Å². The fourth-order valence-corrected chi connectivity index (χ4v) is 2.33. The molecule has 0 unspecified atom stereocenters. The summed E-state index contributed by atoms with van der Waals surface area (Å²) in [5, 5.41) is 6.80. The Morgan fingerprint density at radius 2 is 2.09 bits per heavy atom. The highest BCUT2D eigenvalue weighted by molar-refractivity contribution is 9.10. The fraction of sp³-hybridized carbons (Fsp3) is 0.267. The number of halogens is 2. The minimum absolute atomic E-state index is 0.227. The molecular weight excluding hydrogens is 369 g/mol. The van der Waals surface area contributed by atoms with Crippen molar-refractivity contribution >= 4 is 33.5 Å². The molecule has 8 heteroatoms. The summed E-state index contributed by atoms with van der Waals surface area (Å²) in [7, 11) is 1.76. The third-order valence-electron chi connectivity index (χ3n) is 3.26. The summed E-state index contributed by atoms with van der Waals surface area (Å²) in [6.45, 7) is 3.05. The molecular formula is C15H15BrFN3O3. The lowest BCUT2D eigenvalue weighted by atomic mass is 10.2. The second-order valence-electron chi connectivity index (χ2n) is 4.92. The number of aromatic nitrogens is 2. The molecule has 0 bridgehead atoms. The van der Waals surface area contributed by atoms with E-state index in [1.165, 1.54) is 12.1 Å². The molecule has 0 fully saturated rings. The Balaban J connectivity index is 1.97. The zero-order valence-corrected chi connectivity index (χ0v) is 14.4. The topological polar surface area (TPSA) is 73.2 Å². The molecule has 1 amide bonds. The number of nitrogens with one attached hydrogen (secondary N) is 1. The maximum atomic E-state index is 13.6. The number of hydrogen-bond acceptors (Lipinski definition) is 4. The first kappa shape index (κ1) is 17.1.